The third kappa shape index (κ3) is 5.59. The van der Waals surface area contributed by atoms with Crippen LogP contribution >= 0.6 is 11.3 Å². The van der Waals surface area contributed by atoms with Crippen molar-refractivity contribution in [3.63, 3.8) is 0 Å². The molecule has 1 atom stereocenters. The van der Waals surface area contributed by atoms with Crippen molar-refractivity contribution in [2.45, 2.75) is 58.5 Å². The Balaban J connectivity index is 1.32. The summed E-state index contributed by atoms with van der Waals surface area (Å²) < 4.78 is 10.7. The summed E-state index contributed by atoms with van der Waals surface area (Å²) in [7, 11) is 1.34. The van der Waals surface area contributed by atoms with E-state index in [1.165, 1.54) is 18.4 Å². The highest BCUT2D eigenvalue weighted by atomic mass is 32.1. The summed E-state index contributed by atoms with van der Waals surface area (Å²) in [6.45, 7) is 3.80. The van der Waals surface area contributed by atoms with Gasteiger partial charge in [-0.2, -0.15) is 0 Å². The lowest BCUT2D eigenvalue weighted by Crippen LogP contribution is -2.32. The lowest BCUT2D eigenvalue weighted by Gasteiger charge is -2.16. The Labute approximate surface area is 230 Å². The quantitative estimate of drug-likeness (QED) is 0.210. The molecule has 4 aromatic rings. The van der Waals surface area contributed by atoms with Gasteiger partial charge in [-0.05, 0) is 62.8 Å². The second-order valence-electron chi connectivity index (χ2n) is 9.73. The van der Waals surface area contributed by atoms with Crippen molar-refractivity contribution in [3.05, 3.63) is 69.6 Å². The molecule has 0 bridgehead atoms. The summed E-state index contributed by atoms with van der Waals surface area (Å²) in [5.74, 6) is -0.845. The maximum absolute atomic E-state index is 13.2. The lowest BCUT2D eigenvalue weighted by molar-refractivity contribution is -0.124. The van der Waals surface area contributed by atoms with Crippen LogP contribution in [0.15, 0.2) is 42.5 Å². The van der Waals surface area contributed by atoms with Gasteiger partial charge in [0.2, 0.25) is 0 Å². The van der Waals surface area contributed by atoms with Crippen LogP contribution in [0.3, 0.4) is 0 Å². The first kappa shape index (κ1) is 26.6. The number of ether oxygens (including phenoxy) is 2. The summed E-state index contributed by atoms with van der Waals surface area (Å²) in [6.07, 6.45) is 4.04. The van der Waals surface area contributed by atoms with Crippen molar-refractivity contribution in [2.24, 2.45) is 0 Å². The molecule has 1 aliphatic carbocycles. The molecule has 0 saturated heterocycles. The molecule has 0 fully saturated rings. The molecular weight excluding hydrogens is 514 g/mol. The number of carbonyl (C=O) groups excluding carboxylic acids is 3. The first-order valence-electron chi connectivity index (χ1n) is 13.2. The Hall–Kier alpha value is -3.98. The lowest BCUT2D eigenvalue weighted by atomic mass is 10.1. The summed E-state index contributed by atoms with van der Waals surface area (Å²) in [4.78, 5) is 47.8. The maximum atomic E-state index is 13.2. The fourth-order valence-corrected chi connectivity index (χ4v) is 6.13. The minimum atomic E-state index is -1.02. The molecule has 9 heteroatoms. The number of hydrogen-bond donors (Lipinski definition) is 2. The van der Waals surface area contributed by atoms with Gasteiger partial charge in [-0.3, -0.25) is 4.79 Å². The average Bonchev–Trinajstić information content (AvgIpc) is 3.44. The van der Waals surface area contributed by atoms with Crippen molar-refractivity contribution in [1.29, 1.82) is 0 Å². The van der Waals surface area contributed by atoms with Gasteiger partial charge in [0.1, 0.15) is 10.8 Å². The molecule has 2 heterocycles. The second-order valence-corrected chi connectivity index (χ2v) is 10.8. The minimum absolute atomic E-state index is 0.278. The molecule has 0 aliphatic heterocycles. The number of anilines is 1. The molecule has 2 N–H and O–H groups in total. The van der Waals surface area contributed by atoms with Gasteiger partial charge in [0, 0.05) is 10.4 Å². The summed E-state index contributed by atoms with van der Waals surface area (Å²) in [5, 5.41) is 3.31. The van der Waals surface area contributed by atoms with Gasteiger partial charge < -0.3 is 19.8 Å². The van der Waals surface area contributed by atoms with Crippen molar-refractivity contribution in [1.82, 2.24) is 9.97 Å². The number of aromatic amines is 1. The molecule has 1 aliphatic rings. The SMILES string of the molecule is CCC(OC(=O)c1ccc2nc(-c3ccc(C)cc3)[nH]c2c1)C(=O)Nc1sc2c(c1C(=O)OC)CCCCC2. The number of nitrogens with zero attached hydrogens (tertiary/aromatic N) is 1. The van der Waals surface area contributed by atoms with Crippen molar-refractivity contribution in [2.75, 3.05) is 12.4 Å². The third-order valence-electron chi connectivity index (χ3n) is 7.00. The van der Waals surface area contributed by atoms with Crippen LogP contribution in [0.2, 0.25) is 0 Å². The molecule has 2 aromatic heterocycles. The zero-order chi connectivity index (χ0) is 27.5. The largest absolute Gasteiger partial charge is 0.465 e. The second kappa shape index (κ2) is 11.4. The molecule has 5 rings (SSSR count). The van der Waals surface area contributed by atoms with Crippen LogP contribution in [0.5, 0.6) is 0 Å². The highest BCUT2D eigenvalue weighted by molar-refractivity contribution is 7.17. The molecule has 8 nitrogen and oxygen atoms in total. The van der Waals surface area contributed by atoms with Crippen LogP contribution in [0.1, 0.15) is 69.3 Å². The molecule has 0 saturated carbocycles. The van der Waals surface area contributed by atoms with Crippen LogP contribution in [0.4, 0.5) is 5.00 Å². The van der Waals surface area contributed by atoms with Crippen LogP contribution < -0.4 is 5.32 Å². The third-order valence-corrected chi connectivity index (χ3v) is 8.21. The smallest absolute Gasteiger partial charge is 0.341 e. The maximum Gasteiger partial charge on any atom is 0.341 e. The fourth-order valence-electron chi connectivity index (χ4n) is 4.85. The van der Waals surface area contributed by atoms with Gasteiger partial charge in [0.05, 0.1) is 29.3 Å². The Bertz CT molecular complexity index is 1540. The molecule has 0 spiro atoms. The Morgan fingerprint density at radius 3 is 2.56 bits per heavy atom. The van der Waals surface area contributed by atoms with Gasteiger partial charge in [0.15, 0.2) is 6.10 Å². The molecule has 202 valence electrons. The Morgan fingerprint density at radius 1 is 1.05 bits per heavy atom. The highest BCUT2D eigenvalue weighted by Gasteiger charge is 2.29. The van der Waals surface area contributed by atoms with Gasteiger partial charge in [-0.1, -0.05) is 43.2 Å². The number of aryl methyl sites for hydroxylation is 2. The standard InChI is InChI=1S/C30H31N3O5S/c1-4-23(27(34)33-28-25(30(36)37-3)20-8-6-5-7-9-24(20)39-28)38-29(35)19-14-15-21-22(16-19)32-26(31-21)18-12-10-17(2)11-13-18/h10-16,23H,4-9H2,1-3H3,(H,31,32)(H,33,34). The zero-order valence-electron chi connectivity index (χ0n) is 22.3. The number of thiophene rings is 1. The van der Waals surface area contributed by atoms with Gasteiger partial charge in [0.25, 0.3) is 5.91 Å². The highest BCUT2D eigenvalue weighted by Crippen LogP contribution is 2.38. The van der Waals surface area contributed by atoms with E-state index in [2.05, 4.69) is 15.3 Å². The van der Waals surface area contributed by atoms with E-state index >= 15 is 0 Å². The van der Waals surface area contributed by atoms with Gasteiger partial charge >= 0.3 is 11.9 Å². The topological polar surface area (TPSA) is 110 Å². The first-order valence-corrected chi connectivity index (χ1v) is 14.0. The molecular formula is C30H31N3O5S. The van der Waals surface area contributed by atoms with E-state index in [1.807, 2.05) is 31.2 Å². The van der Waals surface area contributed by atoms with Crippen LogP contribution in [-0.4, -0.2) is 41.0 Å². The molecule has 0 radical (unpaired) electrons. The van der Waals surface area contributed by atoms with E-state index in [0.29, 0.717) is 27.5 Å². The number of amides is 1. The first-order chi connectivity index (χ1) is 18.9. The molecule has 1 amide bonds. The van der Waals surface area contributed by atoms with Crippen LogP contribution in [0.25, 0.3) is 22.4 Å². The van der Waals surface area contributed by atoms with E-state index in [-0.39, 0.29) is 6.42 Å². The zero-order valence-corrected chi connectivity index (χ0v) is 23.1. The summed E-state index contributed by atoms with van der Waals surface area (Å²) in [5.41, 5.74) is 5.21. The van der Waals surface area contributed by atoms with Crippen LogP contribution in [0, 0.1) is 6.92 Å². The minimum Gasteiger partial charge on any atom is -0.465 e. The van der Waals surface area contributed by atoms with E-state index in [1.54, 1.807) is 25.1 Å². The molecule has 1 unspecified atom stereocenters. The fraction of sp³-hybridized carbons (Fsp3) is 0.333. The van der Waals surface area contributed by atoms with Crippen LogP contribution in [-0.2, 0) is 27.1 Å². The number of imidazole rings is 1. The van der Waals surface area contributed by atoms with Crippen molar-refractivity contribution >= 4 is 45.2 Å². The number of hydrogen-bond acceptors (Lipinski definition) is 7. The van der Waals surface area contributed by atoms with Crippen molar-refractivity contribution in [3.8, 4) is 11.4 Å². The average molecular weight is 546 g/mol. The Morgan fingerprint density at radius 2 is 1.82 bits per heavy atom. The van der Waals surface area contributed by atoms with Crippen molar-refractivity contribution < 1.29 is 23.9 Å². The predicted molar refractivity (Wildman–Crippen MR) is 151 cm³/mol. The van der Waals surface area contributed by atoms with E-state index in [0.717, 1.165) is 59.2 Å². The van der Waals surface area contributed by atoms with Gasteiger partial charge in [-0.25, -0.2) is 14.6 Å². The number of rotatable bonds is 7. The molecule has 39 heavy (non-hydrogen) atoms. The predicted octanol–water partition coefficient (Wildman–Crippen LogP) is 6.23. The van der Waals surface area contributed by atoms with Gasteiger partial charge in [-0.15, -0.1) is 11.3 Å². The number of H-pyrrole nitrogens is 1. The number of carbonyl (C=O) groups is 3. The summed E-state index contributed by atoms with van der Waals surface area (Å²) >= 11 is 1.41. The monoisotopic (exact) mass is 545 g/mol. The van der Waals surface area contributed by atoms with E-state index in [9.17, 15) is 14.4 Å². The molecule has 2 aromatic carbocycles. The number of methoxy groups -OCH3 is 1. The van der Waals surface area contributed by atoms with E-state index in [4.69, 9.17) is 9.47 Å². The summed E-state index contributed by atoms with van der Waals surface area (Å²) in [6, 6.07) is 13.1. The number of fused-ring (bicyclic) bond motifs is 2. The number of nitrogens with one attached hydrogen (secondary N) is 2. The normalized spacial score (nSPS) is 13.8. The number of aromatic nitrogens is 2. The van der Waals surface area contributed by atoms with E-state index < -0.39 is 23.9 Å². The Kier molecular flexibility index (Phi) is 7.79. The number of esters is 2. The number of benzene rings is 2.